The summed E-state index contributed by atoms with van der Waals surface area (Å²) in [7, 11) is 0. The number of nitrogens with one attached hydrogen (secondary N) is 4. The van der Waals surface area contributed by atoms with Gasteiger partial charge in [-0.25, -0.2) is 11.0 Å². The van der Waals surface area contributed by atoms with Crippen LogP contribution in [0.3, 0.4) is 0 Å². The van der Waals surface area contributed by atoms with Crippen LogP contribution < -0.4 is 21.6 Å². The molecule has 6 N–H and O–H groups in total. The van der Waals surface area contributed by atoms with Gasteiger partial charge >= 0.3 is 0 Å². The standard InChI is InChI=1S/C22H23N3O4.C21H22N4O4/c26-21(23-18-8-4-7-17(18)22(27)24-28)16-11-9-15(10-12-16)20-13-19(25-29-20)14-5-2-1-3-6-14;26-20(23-17-3-1-2-16(17)21(27)24-28)15-6-4-14(5-7-15)19-12-18(25-29-19)13-8-10-22-11-9-13/h1-3,5-6,9-12,17-18,20,28H,4,7-8,13H2,(H,23,26)(H,24,27);4-11,16-17,19,28H,1-3,12H2,(H,23,26)(H,24,27)/t17-,18+,20?;16-,17+,19?/m00/s1. The van der Waals surface area contributed by atoms with Gasteiger partial charge in [0.05, 0.1) is 23.3 Å². The number of aromatic nitrogens is 1. The van der Waals surface area contributed by atoms with Crippen LogP contribution in [0.5, 0.6) is 0 Å². The third-order valence-corrected chi connectivity index (χ3v) is 11.1. The zero-order valence-electron chi connectivity index (χ0n) is 31.6. The molecule has 4 aliphatic rings. The van der Waals surface area contributed by atoms with Crippen LogP contribution in [-0.2, 0) is 19.3 Å². The molecule has 0 bridgehead atoms. The molecular formula is C43H45N7O8. The van der Waals surface area contributed by atoms with E-state index < -0.39 is 23.7 Å². The summed E-state index contributed by atoms with van der Waals surface area (Å²) >= 11 is 0. The fourth-order valence-electron chi connectivity index (χ4n) is 7.89. The lowest BCUT2D eigenvalue weighted by molar-refractivity contribution is -0.134. The minimum absolute atomic E-state index is 0.172. The summed E-state index contributed by atoms with van der Waals surface area (Å²) in [5, 5.41) is 31.9. The molecule has 4 aromatic rings. The number of amides is 4. The molecule has 6 atom stereocenters. The summed E-state index contributed by atoms with van der Waals surface area (Å²) in [6, 6.07) is 27.6. The fraction of sp³-hybridized carbons (Fsp3) is 0.326. The molecule has 0 radical (unpaired) electrons. The van der Waals surface area contributed by atoms with Gasteiger partial charge in [0.25, 0.3) is 11.8 Å². The molecule has 300 valence electrons. The number of carbonyl (C=O) groups is 4. The monoisotopic (exact) mass is 787 g/mol. The Labute approximate surface area is 334 Å². The van der Waals surface area contributed by atoms with Crippen LogP contribution in [0.15, 0.2) is 114 Å². The van der Waals surface area contributed by atoms with Crippen LogP contribution in [0.25, 0.3) is 0 Å². The van der Waals surface area contributed by atoms with E-state index in [4.69, 9.17) is 20.1 Å². The van der Waals surface area contributed by atoms with E-state index in [1.165, 1.54) is 0 Å². The molecule has 8 rings (SSSR count). The molecule has 3 heterocycles. The maximum absolute atomic E-state index is 12.6. The van der Waals surface area contributed by atoms with E-state index in [0.29, 0.717) is 43.2 Å². The van der Waals surface area contributed by atoms with E-state index in [1.807, 2.05) is 66.7 Å². The van der Waals surface area contributed by atoms with Gasteiger partial charge in [0.15, 0.2) is 12.2 Å². The lowest BCUT2D eigenvalue weighted by atomic mass is 9.99. The summed E-state index contributed by atoms with van der Waals surface area (Å²) in [5.41, 5.74) is 10.1. The Balaban J connectivity index is 0.000000177. The van der Waals surface area contributed by atoms with Crippen molar-refractivity contribution < 1.29 is 39.3 Å². The molecular weight excluding hydrogens is 743 g/mol. The second-order valence-corrected chi connectivity index (χ2v) is 14.7. The van der Waals surface area contributed by atoms with Crippen LogP contribution in [-0.4, -0.2) is 62.5 Å². The number of hydrogen-bond acceptors (Lipinski definition) is 11. The molecule has 4 amide bonds. The van der Waals surface area contributed by atoms with E-state index in [9.17, 15) is 19.2 Å². The lowest BCUT2D eigenvalue weighted by Gasteiger charge is -2.19. The molecule has 2 unspecified atom stereocenters. The first-order valence-electron chi connectivity index (χ1n) is 19.4. The van der Waals surface area contributed by atoms with Crippen LogP contribution >= 0.6 is 0 Å². The van der Waals surface area contributed by atoms with Crippen molar-refractivity contribution in [1.82, 2.24) is 26.6 Å². The number of benzene rings is 3. The average molecular weight is 788 g/mol. The maximum Gasteiger partial charge on any atom is 0.251 e. The van der Waals surface area contributed by atoms with Crippen molar-refractivity contribution in [2.45, 2.75) is 75.7 Å². The molecule has 58 heavy (non-hydrogen) atoms. The molecule has 15 nitrogen and oxygen atoms in total. The van der Waals surface area contributed by atoms with Gasteiger partial charge in [-0.2, -0.15) is 0 Å². The predicted octanol–water partition coefficient (Wildman–Crippen LogP) is 5.31. The second kappa shape index (κ2) is 18.7. The van der Waals surface area contributed by atoms with Gasteiger partial charge in [0.2, 0.25) is 11.8 Å². The fourth-order valence-corrected chi connectivity index (χ4v) is 7.89. The summed E-state index contributed by atoms with van der Waals surface area (Å²) < 4.78 is 0. The van der Waals surface area contributed by atoms with Gasteiger partial charge in [-0.1, -0.05) is 77.8 Å². The Kier molecular flexibility index (Phi) is 12.8. The minimum atomic E-state index is -0.452. The molecule has 0 saturated heterocycles. The number of oxime groups is 2. The summed E-state index contributed by atoms with van der Waals surface area (Å²) in [6.07, 6.45) is 8.81. The van der Waals surface area contributed by atoms with Gasteiger partial charge in [0.1, 0.15) is 0 Å². The van der Waals surface area contributed by atoms with Gasteiger partial charge in [-0.05, 0) is 78.8 Å². The third-order valence-electron chi connectivity index (χ3n) is 11.1. The van der Waals surface area contributed by atoms with Gasteiger partial charge in [-0.15, -0.1) is 0 Å². The summed E-state index contributed by atoms with van der Waals surface area (Å²) in [6.45, 7) is 0. The number of hydroxylamine groups is 2. The Bertz CT molecular complexity index is 1980. The lowest BCUT2D eigenvalue weighted by Crippen LogP contribution is -2.43. The molecule has 2 aliphatic carbocycles. The number of hydrogen-bond donors (Lipinski definition) is 6. The maximum atomic E-state index is 12.6. The van der Waals surface area contributed by atoms with Gasteiger partial charge in [0, 0.05) is 54.0 Å². The SMILES string of the molecule is O=C(N[C@@H]1CCC[C@@H]1C(=O)NO)c1ccc(C2CC(c3ccccc3)=NO2)cc1.O=C(N[C@@H]1CCC[C@@H]1C(=O)NO)c1ccc(C2CC(c3ccncc3)=NO2)cc1. The molecule has 2 saturated carbocycles. The smallest absolute Gasteiger partial charge is 0.251 e. The zero-order chi connectivity index (χ0) is 40.4. The van der Waals surface area contributed by atoms with Crippen molar-refractivity contribution in [2.75, 3.05) is 0 Å². The van der Waals surface area contributed by atoms with Crippen molar-refractivity contribution in [1.29, 1.82) is 0 Å². The van der Waals surface area contributed by atoms with Crippen molar-refractivity contribution in [3.8, 4) is 0 Å². The molecule has 15 heteroatoms. The van der Waals surface area contributed by atoms with E-state index in [-0.39, 0.29) is 36.1 Å². The van der Waals surface area contributed by atoms with E-state index >= 15 is 0 Å². The van der Waals surface area contributed by atoms with Crippen molar-refractivity contribution >= 4 is 35.1 Å². The van der Waals surface area contributed by atoms with Crippen molar-refractivity contribution in [3.63, 3.8) is 0 Å². The third kappa shape index (κ3) is 9.39. The van der Waals surface area contributed by atoms with E-state index in [0.717, 1.165) is 52.9 Å². The number of carbonyl (C=O) groups excluding carboxylic acids is 4. The van der Waals surface area contributed by atoms with Crippen LogP contribution in [0.2, 0.25) is 0 Å². The van der Waals surface area contributed by atoms with Gasteiger partial charge in [-0.3, -0.25) is 34.6 Å². The highest BCUT2D eigenvalue weighted by molar-refractivity contribution is 6.02. The highest BCUT2D eigenvalue weighted by Gasteiger charge is 2.35. The number of rotatable bonds is 10. The Morgan fingerprint density at radius 3 is 1.41 bits per heavy atom. The minimum Gasteiger partial charge on any atom is -0.387 e. The van der Waals surface area contributed by atoms with Crippen LogP contribution in [0.4, 0.5) is 0 Å². The second-order valence-electron chi connectivity index (χ2n) is 14.7. The summed E-state index contributed by atoms with van der Waals surface area (Å²) in [4.78, 5) is 63.7. The number of nitrogens with zero attached hydrogens (tertiary/aromatic N) is 3. The normalized spacial score (nSPS) is 23.2. The number of pyridine rings is 1. The molecule has 1 aromatic heterocycles. The average Bonchev–Trinajstić information content (AvgIpc) is 4.13. The largest absolute Gasteiger partial charge is 0.387 e. The Hall–Kier alpha value is -6.45. The molecule has 3 aromatic carbocycles. The first-order valence-corrected chi connectivity index (χ1v) is 19.4. The van der Waals surface area contributed by atoms with Crippen molar-refractivity contribution in [2.24, 2.45) is 22.1 Å². The molecule has 2 fully saturated rings. The quantitative estimate of drug-likeness (QED) is 0.0907. The van der Waals surface area contributed by atoms with Crippen LogP contribution in [0.1, 0.15) is 107 Å². The van der Waals surface area contributed by atoms with Crippen molar-refractivity contribution in [3.05, 3.63) is 137 Å². The van der Waals surface area contributed by atoms with E-state index in [2.05, 4.69) is 25.9 Å². The highest BCUT2D eigenvalue weighted by atomic mass is 16.6. The first-order chi connectivity index (χ1) is 28.3. The molecule has 2 aliphatic heterocycles. The van der Waals surface area contributed by atoms with Gasteiger partial charge < -0.3 is 20.3 Å². The zero-order valence-corrected chi connectivity index (χ0v) is 31.6. The predicted molar refractivity (Wildman–Crippen MR) is 211 cm³/mol. The highest BCUT2D eigenvalue weighted by Crippen LogP contribution is 2.32. The Morgan fingerprint density at radius 2 is 0.983 bits per heavy atom. The van der Waals surface area contributed by atoms with E-state index in [1.54, 1.807) is 47.6 Å². The first kappa shape index (κ1) is 39.8. The van der Waals surface area contributed by atoms with Crippen LogP contribution in [0, 0.1) is 11.8 Å². The Morgan fingerprint density at radius 1 is 0.552 bits per heavy atom. The summed E-state index contributed by atoms with van der Waals surface area (Å²) in [5.74, 6) is -2.17. The molecule has 0 spiro atoms. The topological polar surface area (TPSA) is 213 Å².